The highest BCUT2D eigenvalue weighted by atomic mass is 16.1. The van der Waals surface area contributed by atoms with Crippen LogP contribution in [0.5, 0.6) is 0 Å². The molecule has 2 heterocycles. The molecule has 0 radical (unpaired) electrons. The summed E-state index contributed by atoms with van der Waals surface area (Å²) in [5, 5.41) is 3.09. The number of aromatic nitrogens is 3. The van der Waals surface area contributed by atoms with Crippen LogP contribution in [0.2, 0.25) is 0 Å². The first kappa shape index (κ1) is 19.2. The van der Waals surface area contributed by atoms with Gasteiger partial charge in [-0.25, -0.2) is 9.97 Å². The fourth-order valence-corrected chi connectivity index (χ4v) is 3.36. The lowest BCUT2D eigenvalue weighted by atomic mass is 10.1. The Bertz CT molecular complexity index is 1030. The van der Waals surface area contributed by atoms with Crippen molar-refractivity contribution in [3.63, 3.8) is 0 Å². The van der Waals surface area contributed by atoms with E-state index in [1.165, 1.54) is 12.8 Å². The van der Waals surface area contributed by atoms with Crippen molar-refractivity contribution in [3.8, 4) is 11.1 Å². The molecule has 2 aromatic heterocycles. The van der Waals surface area contributed by atoms with Crippen molar-refractivity contribution in [3.05, 3.63) is 59.7 Å². The Balaban J connectivity index is 1.64. The zero-order valence-corrected chi connectivity index (χ0v) is 17.4. The van der Waals surface area contributed by atoms with Crippen LogP contribution in [0.15, 0.2) is 42.9 Å². The molecule has 1 N–H and O–H groups in total. The van der Waals surface area contributed by atoms with Gasteiger partial charge < -0.3 is 14.8 Å². The average Bonchev–Trinajstić information content (AvgIpc) is 3.42. The number of aryl methyl sites for hydroxylation is 1. The van der Waals surface area contributed by atoms with Crippen LogP contribution >= 0.6 is 0 Å². The highest BCUT2D eigenvalue weighted by Crippen LogP contribution is 2.33. The fourth-order valence-electron chi connectivity index (χ4n) is 3.36. The number of nitrogens with zero attached hydrogens (tertiary/aromatic N) is 4. The molecule has 1 aliphatic rings. The summed E-state index contributed by atoms with van der Waals surface area (Å²) < 4.78 is 2.08. The van der Waals surface area contributed by atoms with Gasteiger partial charge >= 0.3 is 0 Å². The van der Waals surface area contributed by atoms with Gasteiger partial charge in [-0.15, -0.1) is 0 Å². The lowest BCUT2D eigenvalue weighted by Crippen LogP contribution is -2.18. The van der Waals surface area contributed by atoms with Crippen LogP contribution in [0, 0.1) is 19.8 Å². The van der Waals surface area contributed by atoms with Crippen LogP contribution < -0.4 is 10.2 Å². The normalized spacial score (nSPS) is 13.4. The molecule has 0 spiro atoms. The second kappa shape index (κ2) is 7.70. The Labute approximate surface area is 171 Å². The standard InChI is InChI=1S/C23H27N5O/c1-15-6-5-7-20(16(15)2)26-22(29)21-10-18(14-28(21)13-17-8-9-17)19-11-24-23(25-12-19)27(3)4/h5-7,10-12,14,17H,8-9,13H2,1-4H3,(H,26,29). The van der Waals surface area contributed by atoms with Gasteiger partial charge in [0, 0.05) is 56.0 Å². The molecule has 4 rings (SSSR count). The van der Waals surface area contributed by atoms with Gasteiger partial charge in [0.15, 0.2) is 0 Å². The van der Waals surface area contributed by atoms with Crippen LogP contribution in [0.25, 0.3) is 11.1 Å². The molecule has 1 fully saturated rings. The summed E-state index contributed by atoms with van der Waals surface area (Å²) >= 11 is 0. The van der Waals surface area contributed by atoms with Gasteiger partial charge in [-0.2, -0.15) is 0 Å². The molecule has 0 bridgehead atoms. The predicted octanol–water partition coefficient (Wildman–Crippen LogP) is 4.29. The topological polar surface area (TPSA) is 63.1 Å². The lowest BCUT2D eigenvalue weighted by molar-refractivity contribution is 0.101. The number of hydrogen-bond acceptors (Lipinski definition) is 4. The Morgan fingerprint density at radius 3 is 2.55 bits per heavy atom. The van der Waals surface area contributed by atoms with Gasteiger partial charge in [-0.3, -0.25) is 4.79 Å². The number of anilines is 2. The molecule has 0 atom stereocenters. The summed E-state index contributed by atoms with van der Waals surface area (Å²) in [5.41, 5.74) is 5.65. The fraction of sp³-hybridized carbons (Fsp3) is 0.348. The van der Waals surface area contributed by atoms with Gasteiger partial charge in [0.2, 0.25) is 5.95 Å². The Morgan fingerprint density at radius 1 is 1.17 bits per heavy atom. The molecule has 6 heteroatoms. The quantitative estimate of drug-likeness (QED) is 0.683. The van der Waals surface area contributed by atoms with Crippen LogP contribution in [0.3, 0.4) is 0 Å². The van der Waals surface area contributed by atoms with E-state index in [1.807, 2.05) is 62.7 Å². The van der Waals surface area contributed by atoms with E-state index < -0.39 is 0 Å². The summed E-state index contributed by atoms with van der Waals surface area (Å²) in [5.74, 6) is 1.24. The SMILES string of the molecule is Cc1cccc(NC(=O)c2cc(-c3cnc(N(C)C)nc3)cn2CC2CC2)c1C. The van der Waals surface area contributed by atoms with E-state index in [-0.39, 0.29) is 5.91 Å². The Morgan fingerprint density at radius 2 is 1.90 bits per heavy atom. The molecule has 1 aliphatic carbocycles. The van der Waals surface area contributed by atoms with E-state index in [2.05, 4.69) is 32.8 Å². The maximum Gasteiger partial charge on any atom is 0.272 e. The zero-order chi connectivity index (χ0) is 20.5. The zero-order valence-electron chi connectivity index (χ0n) is 17.4. The van der Waals surface area contributed by atoms with Crippen molar-refractivity contribution >= 4 is 17.5 Å². The predicted molar refractivity (Wildman–Crippen MR) is 116 cm³/mol. The summed E-state index contributed by atoms with van der Waals surface area (Å²) in [7, 11) is 3.83. The maximum absolute atomic E-state index is 13.1. The van der Waals surface area contributed by atoms with Gasteiger partial charge in [0.25, 0.3) is 5.91 Å². The first-order valence-corrected chi connectivity index (χ1v) is 10.00. The third-order valence-corrected chi connectivity index (χ3v) is 5.51. The molecular weight excluding hydrogens is 362 g/mol. The summed E-state index contributed by atoms with van der Waals surface area (Å²) in [4.78, 5) is 23.8. The van der Waals surface area contributed by atoms with Crippen molar-refractivity contribution in [2.75, 3.05) is 24.3 Å². The molecule has 1 saturated carbocycles. The number of amides is 1. The minimum Gasteiger partial charge on any atom is -0.347 e. The molecule has 0 aliphatic heterocycles. The number of rotatable bonds is 6. The van der Waals surface area contributed by atoms with Crippen molar-refractivity contribution in [2.24, 2.45) is 5.92 Å². The summed E-state index contributed by atoms with van der Waals surface area (Å²) in [6, 6.07) is 7.91. The number of carbonyl (C=O) groups is 1. The van der Waals surface area contributed by atoms with Crippen molar-refractivity contribution in [1.82, 2.24) is 14.5 Å². The number of nitrogens with one attached hydrogen (secondary N) is 1. The van der Waals surface area contributed by atoms with Crippen LogP contribution in [-0.4, -0.2) is 34.5 Å². The monoisotopic (exact) mass is 389 g/mol. The number of benzene rings is 1. The molecule has 0 unspecified atom stereocenters. The maximum atomic E-state index is 13.1. The first-order valence-electron chi connectivity index (χ1n) is 10.00. The van der Waals surface area contributed by atoms with E-state index >= 15 is 0 Å². The molecule has 1 amide bonds. The molecule has 29 heavy (non-hydrogen) atoms. The number of hydrogen-bond donors (Lipinski definition) is 1. The second-order valence-electron chi connectivity index (χ2n) is 8.08. The van der Waals surface area contributed by atoms with Crippen LogP contribution in [-0.2, 0) is 6.54 Å². The van der Waals surface area contributed by atoms with Gasteiger partial charge in [-0.05, 0) is 55.9 Å². The Hall–Kier alpha value is -3.15. The molecule has 3 aromatic rings. The molecule has 0 saturated heterocycles. The lowest BCUT2D eigenvalue weighted by Gasteiger charge is -2.12. The van der Waals surface area contributed by atoms with Gasteiger partial charge in [-0.1, -0.05) is 12.1 Å². The van der Waals surface area contributed by atoms with Gasteiger partial charge in [0.1, 0.15) is 5.69 Å². The summed E-state index contributed by atoms with van der Waals surface area (Å²) in [6.45, 7) is 4.95. The van der Waals surface area contributed by atoms with Crippen molar-refractivity contribution in [1.29, 1.82) is 0 Å². The van der Waals surface area contributed by atoms with E-state index in [0.29, 0.717) is 17.6 Å². The first-order chi connectivity index (χ1) is 13.9. The summed E-state index contributed by atoms with van der Waals surface area (Å²) in [6.07, 6.45) is 8.12. The van der Waals surface area contributed by atoms with E-state index in [4.69, 9.17) is 0 Å². The highest BCUT2D eigenvalue weighted by Gasteiger charge is 2.25. The van der Waals surface area contributed by atoms with Crippen LogP contribution in [0.4, 0.5) is 11.6 Å². The molecular formula is C23H27N5O. The van der Waals surface area contributed by atoms with E-state index in [0.717, 1.165) is 34.5 Å². The largest absolute Gasteiger partial charge is 0.347 e. The molecule has 150 valence electrons. The molecule has 1 aromatic carbocycles. The van der Waals surface area contributed by atoms with Crippen LogP contribution in [0.1, 0.15) is 34.5 Å². The minimum atomic E-state index is -0.0866. The highest BCUT2D eigenvalue weighted by molar-refractivity contribution is 6.04. The minimum absolute atomic E-state index is 0.0866. The van der Waals surface area contributed by atoms with Crippen molar-refractivity contribution < 1.29 is 4.79 Å². The average molecular weight is 390 g/mol. The van der Waals surface area contributed by atoms with E-state index in [9.17, 15) is 4.79 Å². The third-order valence-electron chi connectivity index (χ3n) is 5.51. The van der Waals surface area contributed by atoms with Gasteiger partial charge in [0.05, 0.1) is 0 Å². The second-order valence-corrected chi connectivity index (χ2v) is 8.08. The van der Waals surface area contributed by atoms with Crippen molar-refractivity contribution in [2.45, 2.75) is 33.2 Å². The van der Waals surface area contributed by atoms with E-state index in [1.54, 1.807) is 0 Å². The Kier molecular flexibility index (Phi) is 5.09. The smallest absolute Gasteiger partial charge is 0.272 e. The number of carbonyl (C=O) groups excluding carboxylic acids is 1. The molecule has 6 nitrogen and oxygen atoms in total. The third kappa shape index (κ3) is 4.16.